The number of ether oxygens (including phenoxy) is 2. The van der Waals surface area contributed by atoms with E-state index in [2.05, 4.69) is 10.6 Å². The molecule has 3 aromatic carbocycles. The van der Waals surface area contributed by atoms with Crippen LogP contribution < -0.4 is 16.0 Å². The fourth-order valence-corrected chi connectivity index (χ4v) is 4.98. The van der Waals surface area contributed by atoms with Crippen molar-refractivity contribution in [1.82, 2.24) is 10.6 Å². The van der Waals surface area contributed by atoms with Gasteiger partial charge in [-0.2, -0.15) is 0 Å². The maximum absolute atomic E-state index is 14.9. The van der Waals surface area contributed by atoms with Crippen LogP contribution in [0.4, 0.5) is 28.0 Å². The smallest absolute Gasteiger partial charge is 0.407 e. The average molecular weight is 636 g/mol. The molecule has 0 aromatic heterocycles. The van der Waals surface area contributed by atoms with Gasteiger partial charge in [-0.3, -0.25) is 4.79 Å². The van der Waals surface area contributed by atoms with Gasteiger partial charge in [-0.15, -0.1) is 0 Å². The van der Waals surface area contributed by atoms with Crippen molar-refractivity contribution in [2.24, 2.45) is 0 Å². The van der Waals surface area contributed by atoms with Crippen LogP contribution in [0, 0.1) is 11.6 Å². The SMILES string of the molecule is CC(F)(F)CNC(=O)OC[C@@H]1CO[C@H](CCc2c(F)cccc2NC(=O)CC(c2ccc(F)cc2)c2ccc(Cl)cc2)CN1. The molecule has 3 N–H and O–H groups in total. The van der Waals surface area contributed by atoms with E-state index in [1.165, 1.54) is 24.3 Å². The highest BCUT2D eigenvalue weighted by atomic mass is 35.5. The number of halogens is 5. The lowest BCUT2D eigenvalue weighted by molar-refractivity contribution is -0.116. The molecule has 236 valence electrons. The molecule has 0 bridgehead atoms. The molecule has 0 aliphatic carbocycles. The zero-order chi connectivity index (χ0) is 31.7. The first-order valence-corrected chi connectivity index (χ1v) is 14.6. The van der Waals surface area contributed by atoms with Gasteiger partial charge in [-0.1, -0.05) is 41.9 Å². The summed E-state index contributed by atoms with van der Waals surface area (Å²) < 4.78 is 65.1. The fraction of sp³-hybridized carbons (Fsp3) is 0.375. The summed E-state index contributed by atoms with van der Waals surface area (Å²) in [5, 5.41) is 8.58. The first kappa shape index (κ1) is 33.2. The van der Waals surface area contributed by atoms with Crippen molar-refractivity contribution in [2.75, 3.05) is 31.6 Å². The Bertz CT molecular complexity index is 1350. The summed E-state index contributed by atoms with van der Waals surface area (Å²) in [5.74, 6) is -4.62. The van der Waals surface area contributed by atoms with Crippen molar-refractivity contribution in [3.05, 3.63) is 100 Å². The standard InChI is InChI=1S/C32H34ClF4N3O4/c1-32(36,37)19-39-31(42)44-18-24-17-43-25(16-38-24)13-14-26-28(35)3-2-4-29(26)40-30(41)15-27(20-5-9-22(33)10-6-20)21-7-11-23(34)12-8-21/h2-12,24-25,27,38H,13-19H2,1H3,(H,39,42)(H,40,41)/t24-,25+,27?/m0/s1. The molecule has 0 spiro atoms. The summed E-state index contributed by atoms with van der Waals surface area (Å²) in [5.41, 5.74) is 2.26. The topological polar surface area (TPSA) is 88.7 Å². The van der Waals surface area contributed by atoms with Crippen LogP contribution >= 0.6 is 11.6 Å². The summed E-state index contributed by atoms with van der Waals surface area (Å²) in [4.78, 5) is 24.9. The monoisotopic (exact) mass is 635 g/mol. The highest BCUT2D eigenvalue weighted by molar-refractivity contribution is 6.30. The first-order valence-electron chi connectivity index (χ1n) is 14.2. The normalized spacial score (nSPS) is 17.5. The highest BCUT2D eigenvalue weighted by Gasteiger charge is 2.25. The number of carbonyl (C=O) groups excluding carboxylic acids is 2. The van der Waals surface area contributed by atoms with Crippen molar-refractivity contribution in [3.63, 3.8) is 0 Å². The van der Waals surface area contributed by atoms with E-state index in [-0.39, 0.29) is 55.8 Å². The molecule has 2 amide bonds. The third-order valence-corrected chi connectivity index (χ3v) is 7.42. The number of amides is 2. The molecule has 1 aliphatic heterocycles. The van der Waals surface area contributed by atoms with Gasteiger partial charge in [0.25, 0.3) is 5.92 Å². The average Bonchev–Trinajstić information content (AvgIpc) is 2.99. The van der Waals surface area contributed by atoms with Gasteiger partial charge in [0.2, 0.25) is 5.91 Å². The molecule has 44 heavy (non-hydrogen) atoms. The Morgan fingerprint density at radius 3 is 2.39 bits per heavy atom. The molecule has 12 heteroatoms. The third-order valence-electron chi connectivity index (χ3n) is 7.17. The van der Waals surface area contributed by atoms with Gasteiger partial charge in [-0.25, -0.2) is 22.4 Å². The highest BCUT2D eigenvalue weighted by Crippen LogP contribution is 2.30. The Morgan fingerprint density at radius 2 is 1.75 bits per heavy atom. The molecular formula is C32H34ClF4N3O4. The predicted octanol–water partition coefficient (Wildman–Crippen LogP) is 6.45. The van der Waals surface area contributed by atoms with Crippen LogP contribution in [0.3, 0.4) is 0 Å². The largest absolute Gasteiger partial charge is 0.448 e. The number of hydrogen-bond donors (Lipinski definition) is 3. The van der Waals surface area contributed by atoms with E-state index in [4.69, 9.17) is 21.1 Å². The van der Waals surface area contributed by atoms with Crippen molar-refractivity contribution >= 4 is 29.3 Å². The molecule has 1 fully saturated rings. The Balaban J connectivity index is 1.32. The number of nitrogens with one attached hydrogen (secondary N) is 3. The van der Waals surface area contributed by atoms with Crippen LogP contribution in [0.1, 0.15) is 42.4 Å². The molecule has 7 nitrogen and oxygen atoms in total. The minimum Gasteiger partial charge on any atom is -0.448 e. The maximum Gasteiger partial charge on any atom is 0.407 e. The molecular weight excluding hydrogens is 602 g/mol. The van der Waals surface area contributed by atoms with Gasteiger partial charge in [0.05, 0.1) is 25.3 Å². The van der Waals surface area contributed by atoms with Crippen LogP contribution in [0.2, 0.25) is 5.02 Å². The summed E-state index contributed by atoms with van der Waals surface area (Å²) in [7, 11) is 0. The lowest BCUT2D eigenvalue weighted by Gasteiger charge is -2.30. The Hall–Kier alpha value is -3.67. The van der Waals surface area contributed by atoms with Gasteiger partial charge in [0, 0.05) is 42.1 Å². The van der Waals surface area contributed by atoms with E-state index in [9.17, 15) is 27.2 Å². The summed E-state index contributed by atoms with van der Waals surface area (Å²) in [6.45, 7) is 0.415. The summed E-state index contributed by atoms with van der Waals surface area (Å²) >= 11 is 6.05. The van der Waals surface area contributed by atoms with Gasteiger partial charge in [0.1, 0.15) is 18.2 Å². The zero-order valence-corrected chi connectivity index (χ0v) is 24.8. The van der Waals surface area contributed by atoms with Crippen LogP contribution in [-0.4, -0.2) is 56.4 Å². The van der Waals surface area contributed by atoms with Crippen LogP contribution in [0.25, 0.3) is 0 Å². The number of alkyl halides is 2. The number of alkyl carbamates (subject to hydrolysis) is 1. The maximum atomic E-state index is 14.9. The van der Waals surface area contributed by atoms with Crippen molar-refractivity contribution in [1.29, 1.82) is 0 Å². The molecule has 3 atom stereocenters. The minimum atomic E-state index is -3.04. The zero-order valence-electron chi connectivity index (χ0n) is 24.1. The Kier molecular flexibility index (Phi) is 11.6. The van der Waals surface area contributed by atoms with Gasteiger partial charge < -0.3 is 25.4 Å². The van der Waals surface area contributed by atoms with E-state index in [0.717, 1.165) is 11.1 Å². The van der Waals surface area contributed by atoms with Crippen molar-refractivity contribution in [2.45, 2.75) is 50.2 Å². The summed E-state index contributed by atoms with van der Waals surface area (Å²) in [6.07, 6.45) is -0.459. The van der Waals surface area contributed by atoms with E-state index in [1.54, 1.807) is 30.3 Å². The number of anilines is 1. The predicted molar refractivity (Wildman–Crippen MR) is 159 cm³/mol. The van der Waals surface area contributed by atoms with Crippen LogP contribution in [-0.2, 0) is 20.7 Å². The molecule has 1 unspecified atom stereocenters. The van der Waals surface area contributed by atoms with E-state index < -0.39 is 24.4 Å². The lowest BCUT2D eigenvalue weighted by Crippen LogP contribution is -2.49. The molecule has 4 rings (SSSR count). The number of rotatable bonds is 12. The first-order chi connectivity index (χ1) is 21.0. The van der Waals surface area contributed by atoms with Gasteiger partial charge in [-0.05, 0) is 60.4 Å². The number of morpholine rings is 1. The minimum absolute atomic E-state index is 0.0290. The Labute approximate surface area is 258 Å². The molecule has 1 heterocycles. The summed E-state index contributed by atoms with van der Waals surface area (Å²) in [6, 6.07) is 17.2. The molecule has 0 radical (unpaired) electrons. The number of hydrogen-bond acceptors (Lipinski definition) is 5. The second-order valence-corrected chi connectivity index (χ2v) is 11.2. The van der Waals surface area contributed by atoms with Gasteiger partial charge >= 0.3 is 6.09 Å². The quantitative estimate of drug-likeness (QED) is 0.199. The van der Waals surface area contributed by atoms with Crippen molar-refractivity contribution in [3.8, 4) is 0 Å². The third kappa shape index (κ3) is 10.2. The van der Waals surface area contributed by atoms with E-state index in [1.807, 2.05) is 17.4 Å². The second kappa shape index (κ2) is 15.4. The second-order valence-electron chi connectivity index (χ2n) is 10.8. The molecule has 3 aromatic rings. The fourth-order valence-electron chi connectivity index (χ4n) is 4.86. The van der Waals surface area contributed by atoms with E-state index in [0.29, 0.717) is 36.2 Å². The molecule has 0 saturated carbocycles. The Morgan fingerprint density at radius 1 is 1.07 bits per heavy atom. The van der Waals surface area contributed by atoms with Crippen LogP contribution in [0.5, 0.6) is 0 Å². The van der Waals surface area contributed by atoms with E-state index >= 15 is 0 Å². The lowest BCUT2D eigenvalue weighted by atomic mass is 9.88. The van der Waals surface area contributed by atoms with Crippen molar-refractivity contribution < 1.29 is 36.6 Å². The molecule has 1 saturated heterocycles. The molecule has 1 aliphatic rings. The van der Waals surface area contributed by atoms with Crippen LogP contribution in [0.15, 0.2) is 66.7 Å². The van der Waals surface area contributed by atoms with Gasteiger partial charge in [0.15, 0.2) is 0 Å². The number of carbonyl (C=O) groups is 2. The number of benzene rings is 3.